The van der Waals surface area contributed by atoms with Crippen molar-refractivity contribution in [1.82, 2.24) is 0 Å². The van der Waals surface area contributed by atoms with Crippen molar-refractivity contribution in [2.24, 2.45) is 5.73 Å². The number of halogens is 4. The minimum atomic E-state index is -4.27. The summed E-state index contributed by atoms with van der Waals surface area (Å²) in [4.78, 5) is 0. The quantitative estimate of drug-likeness (QED) is 0.839. The van der Waals surface area contributed by atoms with Gasteiger partial charge in [-0.2, -0.15) is 13.2 Å². The first kappa shape index (κ1) is 14.3. The monoisotopic (exact) mass is 239 g/mol. The van der Waals surface area contributed by atoms with Crippen molar-refractivity contribution in [2.75, 3.05) is 0 Å². The van der Waals surface area contributed by atoms with Crippen molar-refractivity contribution in [3.63, 3.8) is 0 Å². The molecule has 0 heterocycles. The van der Waals surface area contributed by atoms with Gasteiger partial charge in [-0.05, 0) is 24.1 Å². The van der Waals surface area contributed by atoms with E-state index in [4.69, 9.17) is 5.73 Å². The molecule has 1 atom stereocenters. The molecule has 0 aliphatic heterocycles. The van der Waals surface area contributed by atoms with Crippen molar-refractivity contribution in [3.05, 3.63) is 35.4 Å². The maximum Gasteiger partial charge on any atom is 0.416 e. The van der Waals surface area contributed by atoms with Crippen LogP contribution >= 0.6 is 12.4 Å². The third-order valence-corrected chi connectivity index (χ3v) is 2.11. The Bertz CT molecular complexity index is 295. The Morgan fingerprint density at radius 2 is 1.67 bits per heavy atom. The van der Waals surface area contributed by atoms with Crippen LogP contribution in [0.3, 0.4) is 0 Å². The Morgan fingerprint density at radius 3 is 2.00 bits per heavy atom. The molecule has 0 amide bonds. The highest BCUT2D eigenvalue weighted by Gasteiger charge is 2.29. The van der Waals surface area contributed by atoms with Crippen LogP contribution in [0.15, 0.2) is 24.3 Å². The van der Waals surface area contributed by atoms with Gasteiger partial charge in [0.25, 0.3) is 0 Å². The number of benzene rings is 1. The predicted molar refractivity (Wildman–Crippen MR) is 55.9 cm³/mol. The molecule has 0 spiro atoms. The number of hydrogen-bond donors (Lipinski definition) is 1. The van der Waals surface area contributed by atoms with E-state index < -0.39 is 11.7 Å². The van der Waals surface area contributed by atoms with Crippen LogP contribution in [-0.4, -0.2) is 0 Å². The van der Waals surface area contributed by atoms with Crippen LogP contribution in [0.4, 0.5) is 13.2 Å². The predicted octanol–water partition coefficient (Wildman–Crippen LogP) is 3.54. The molecule has 0 saturated heterocycles. The molecular formula is C10H13ClF3N. The van der Waals surface area contributed by atoms with Crippen molar-refractivity contribution >= 4 is 12.4 Å². The van der Waals surface area contributed by atoms with Crippen LogP contribution in [0.5, 0.6) is 0 Å². The van der Waals surface area contributed by atoms with Gasteiger partial charge in [0, 0.05) is 6.04 Å². The number of alkyl halides is 3. The van der Waals surface area contributed by atoms with Crippen molar-refractivity contribution in [2.45, 2.75) is 25.6 Å². The molecule has 0 bridgehead atoms. The topological polar surface area (TPSA) is 26.0 Å². The molecule has 5 heteroatoms. The number of rotatable bonds is 2. The van der Waals surface area contributed by atoms with E-state index in [0.717, 1.165) is 17.7 Å². The number of hydrogen-bond acceptors (Lipinski definition) is 1. The largest absolute Gasteiger partial charge is 0.416 e. The second-order valence-electron chi connectivity index (χ2n) is 3.13. The van der Waals surface area contributed by atoms with E-state index in [1.54, 1.807) is 0 Å². The molecule has 15 heavy (non-hydrogen) atoms. The summed E-state index contributed by atoms with van der Waals surface area (Å²) in [6, 6.07) is 4.79. The van der Waals surface area contributed by atoms with Gasteiger partial charge in [0.05, 0.1) is 5.56 Å². The van der Waals surface area contributed by atoms with E-state index >= 15 is 0 Å². The summed E-state index contributed by atoms with van der Waals surface area (Å²) in [7, 11) is 0. The van der Waals surface area contributed by atoms with Gasteiger partial charge in [0.15, 0.2) is 0 Å². The second-order valence-corrected chi connectivity index (χ2v) is 3.13. The van der Waals surface area contributed by atoms with Crippen LogP contribution in [0, 0.1) is 0 Å². The molecule has 1 nitrogen and oxygen atoms in total. The Kier molecular flexibility index (Phi) is 5.11. The lowest BCUT2D eigenvalue weighted by Gasteiger charge is -2.11. The van der Waals surface area contributed by atoms with Crippen LogP contribution < -0.4 is 5.73 Å². The molecule has 0 aliphatic carbocycles. The minimum Gasteiger partial charge on any atom is -0.324 e. The smallest absolute Gasteiger partial charge is 0.324 e. The maximum atomic E-state index is 12.2. The lowest BCUT2D eigenvalue weighted by atomic mass is 10.0. The molecule has 1 rings (SSSR count). The zero-order valence-electron chi connectivity index (χ0n) is 8.21. The third-order valence-electron chi connectivity index (χ3n) is 2.11. The normalized spacial score (nSPS) is 13.1. The van der Waals surface area contributed by atoms with E-state index in [2.05, 4.69) is 0 Å². The first-order chi connectivity index (χ1) is 6.45. The highest BCUT2D eigenvalue weighted by molar-refractivity contribution is 5.85. The molecule has 2 N–H and O–H groups in total. The van der Waals surface area contributed by atoms with Crippen LogP contribution in [0.2, 0.25) is 0 Å². The van der Waals surface area contributed by atoms with Gasteiger partial charge in [-0.25, -0.2) is 0 Å². The summed E-state index contributed by atoms with van der Waals surface area (Å²) in [5.74, 6) is 0. The first-order valence-electron chi connectivity index (χ1n) is 4.38. The molecule has 0 aromatic heterocycles. The molecular weight excluding hydrogens is 227 g/mol. The Hall–Kier alpha value is -0.740. The average Bonchev–Trinajstić information content (AvgIpc) is 2.15. The van der Waals surface area contributed by atoms with E-state index in [1.807, 2.05) is 6.92 Å². The lowest BCUT2D eigenvalue weighted by Crippen LogP contribution is -2.10. The summed E-state index contributed by atoms with van der Waals surface area (Å²) in [5, 5.41) is 0. The molecule has 0 fully saturated rings. The highest BCUT2D eigenvalue weighted by Crippen LogP contribution is 2.29. The molecule has 1 aromatic rings. The van der Waals surface area contributed by atoms with E-state index in [0.29, 0.717) is 6.42 Å². The summed E-state index contributed by atoms with van der Waals surface area (Å²) in [6.07, 6.45) is -3.56. The van der Waals surface area contributed by atoms with E-state index in [-0.39, 0.29) is 18.4 Å². The van der Waals surface area contributed by atoms with Crippen molar-refractivity contribution in [3.8, 4) is 0 Å². The van der Waals surface area contributed by atoms with Crippen molar-refractivity contribution in [1.29, 1.82) is 0 Å². The molecule has 1 aromatic carbocycles. The summed E-state index contributed by atoms with van der Waals surface area (Å²) < 4.78 is 36.5. The van der Waals surface area contributed by atoms with Gasteiger partial charge < -0.3 is 5.73 Å². The highest BCUT2D eigenvalue weighted by atomic mass is 35.5. The van der Waals surface area contributed by atoms with E-state index in [9.17, 15) is 13.2 Å². The SMILES string of the molecule is CC[C@H](N)c1ccc(C(F)(F)F)cc1.Cl. The summed E-state index contributed by atoms with van der Waals surface area (Å²) >= 11 is 0. The Balaban J connectivity index is 0.00000196. The fourth-order valence-corrected chi connectivity index (χ4v) is 1.15. The molecule has 0 aliphatic rings. The molecule has 0 radical (unpaired) electrons. The fourth-order valence-electron chi connectivity index (χ4n) is 1.15. The van der Waals surface area contributed by atoms with Crippen LogP contribution in [0.1, 0.15) is 30.5 Å². The van der Waals surface area contributed by atoms with Gasteiger partial charge in [0.1, 0.15) is 0 Å². The van der Waals surface area contributed by atoms with Gasteiger partial charge in [0.2, 0.25) is 0 Å². The summed E-state index contributed by atoms with van der Waals surface area (Å²) in [5.41, 5.74) is 5.77. The standard InChI is InChI=1S/C10H12F3N.ClH/c1-2-9(14)7-3-5-8(6-4-7)10(11,12)13;/h3-6,9H,2,14H2,1H3;1H/t9-;/m0./s1. The van der Waals surface area contributed by atoms with Gasteiger partial charge in [-0.1, -0.05) is 19.1 Å². The third kappa shape index (κ3) is 3.72. The summed E-state index contributed by atoms with van der Waals surface area (Å²) in [6.45, 7) is 1.89. The molecule has 86 valence electrons. The van der Waals surface area contributed by atoms with Crippen LogP contribution in [-0.2, 0) is 6.18 Å². The molecule has 0 unspecified atom stereocenters. The van der Waals surface area contributed by atoms with Gasteiger partial charge >= 0.3 is 6.18 Å². The fraction of sp³-hybridized carbons (Fsp3) is 0.400. The van der Waals surface area contributed by atoms with Crippen molar-refractivity contribution < 1.29 is 13.2 Å². The van der Waals surface area contributed by atoms with Crippen LogP contribution in [0.25, 0.3) is 0 Å². The zero-order chi connectivity index (χ0) is 10.8. The van der Waals surface area contributed by atoms with Gasteiger partial charge in [-0.15, -0.1) is 12.4 Å². The second kappa shape index (κ2) is 5.37. The van der Waals surface area contributed by atoms with E-state index in [1.165, 1.54) is 12.1 Å². The minimum absolute atomic E-state index is 0. The average molecular weight is 240 g/mol. The Labute approximate surface area is 92.9 Å². The van der Waals surface area contributed by atoms with Gasteiger partial charge in [-0.3, -0.25) is 0 Å². The number of nitrogens with two attached hydrogens (primary N) is 1. The molecule has 0 saturated carbocycles. The lowest BCUT2D eigenvalue weighted by molar-refractivity contribution is -0.137. The zero-order valence-corrected chi connectivity index (χ0v) is 9.03. The Morgan fingerprint density at radius 1 is 1.20 bits per heavy atom. The maximum absolute atomic E-state index is 12.2. The first-order valence-corrected chi connectivity index (χ1v) is 4.38.